The van der Waals surface area contributed by atoms with Gasteiger partial charge in [0.1, 0.15) is 36.2 Å². The van der Waals surface area contributed by atoms with Crippen LogP contribution in [0, 0.1) is 5.92 Å². The Morgan fingerprint density at radius 2 is 1.71 bits per heavy atom. The third-order valence-corrected chi connectivity index (χ3v) is 7.78. The summed E-state index contributed by atoms with van der Waals surface area (Å²) in [5, 5.41) is 18.9. The van der Waals surface area contributed by atoms with Gasteiger partial charge in [-0.15, -0.1) is 11.8 Å². The number of hydrogen-bond donors (Lipinski definition) is 2. The average Bonchev–Trinajstić information content (AvgIpc) is 3.17. The Bertz CT molecular complexity index is 1040. The molecule has 0 aromatic heterocycles. The minimum atomic E-state index is 0.180. The summed E-state index contributed by atoms with van der Waals surface area (Å²) in [7, 11) is 0. The summed E-state index contributed by atoms with van der Waals surface area (Å²) < 4.78 is 11.4. The lowest BCUT2D eigenvalue weighted by Gasteiger charge is -2.25. The van der Waals surface area contributed by atoms with Crippen molar-refractivity contribution in [1.29, 1.82) is 0 Å². The molecule has 0 amide bonds. The first-order valence-electron chi connectivity index (χ1n) is 11.8. The fourth-order valence-electron chi connectivity index (χ4n) is 4.20. The number of phenols is 2. The fourth-order valence-corrected chi connectivity index (χ4v) is 5.37. The van der Waals surface area contributed by atoms with Crippen molar-refractivity contribution >= 4 is 11.8 Å². The Balaban J connectivity index is 0.000000162. The van der Waals surface area contributed by atoms with E-state index in [9.17, 15) is 10.2 Å². The number of aromatic hydroxyl groups is 2. The van der Waals surface area contributed by atoms with Crippen LogP contribution in [0.1, 0.15) is 31.1 Å². The summed E-state index contributed by atoms with van der Waals surface area (Å²) in [6.07, 6.45) is 1.33. The molecule has 5 nitrogen and oxygen atoms in total. The number of ether oxygens (including phenoxy) is 2. The standard InChI is InChI=1S/C14H21NO.C14H12O3S/c1-12-8-9-15(13(12)2)10-11-16-14-6-4-3-5-7-14;15-10-3-1-9(2-4-10)14-8-17-12-6-5-11(16)7-13(12)18-14/h3-7,12-13H,8-11H2,1-2H3;1-7,14-16H,8H2/t;14-/m.0/s1. The van der Waals surface area contributed by atoms with Crippen molar-refractivity contribution in [3.05, 3.63) is 78.4 Å². The van der Waals surface area contributed by atoms with E-state index in [-0.39, 0.29) is 16.7 Å². The topological polar surface area (TPSA) is 62.2 Å². The molecule has 3 atom stereocenters. The number of fused-ring (bicyclic) bond motifs is 1. The summed E-state index contributed by atoms with van der Waals surface area (Å²) in [5.41, 5.74) is 1.10. The zero-order valence-corrected chi connectivity index (χ0v) is 20.6. The van der Waals surface area contributed by atoms with E-state index in [1.807, 2.05) is 42.5 Å². The molecule has 0 aliphatic carbocycles. The summed E-state index contributed by atoms with van der Waals surface area (Å²) in [6.45, 7) is 8.30. The molecule has 0 spiro atoms. The lowest BCUT2D eigenvalue weighted by molar-refractivity contribution is 0.194. The van der Waals surface area contributed by atoms with E-state index < -0.39 is 0 Å². The molecular weight excluding hydrogens is 446 g/mol. The lowest BCUT2D eigenvalue weighted by Crippen LogP contribution is -2.33. The van der Waals surface area contributed by atoms with Crippen LogP contribution in [0.4, 0.5) is 0 Å². The second-order valence-corrected chi connectivity index (χ2v) is 10.1. The van der Waals surface area contributed by atoms with Crippen molar-refractivity contribution < 1.29 is 19.7 Å². The molecular formula is C28H33NO4S. The zero-order valence-electron chi connectivity index (χ0n) is 19.8. The molecule has 6 heteroatoms. The van der Waals surface area contributed by atoms with Crippen LogP contribution >= 0.6 is 11.8 Å². The number of nitrogens with zero attached hydrogens (tertiary/aromatic N) is 1. The van der Waals surface area contributed by atoms with Gasteiger partial charge in [0.25, 0.3) is 0 Å². The number of phenolic OH excluding ortho intramolecular Hbond substituents is 2. The third kappa shape index (κ3) is 6.39. The third-order valence-electron chi connectivity index (χ3n) is 6.51. The minimum absolute atomic E-state index is 0.180. The van der Waals surface area contributed by atoms with Gasteiger partial charge in [-0.2, -0.15) is 0 Å². The minimum Gasteiger partial charge on any atom is -0.508 e. The van der Waals surface area contributed by atoms with Gasteiger partial charge in [0.15, 0.2) is 0 Å². The Morgan fingerprint density at radius 3 is 2.41 bits per heavy atom. The quantitative estimate of drug-likeness (QED) is 0.460. The van der Waals surface area contributed by atoms with Gasteiger partial charge in [-0.25, -0.2) is 0 Å². The molecule has 2 aliphatic heterocycles. The number of likely N-dealkylation sites (tertiary alicyclic amines) is 1. The second kappa shape index (κ2) is 11.5. The molecule has 2 aliphatic rings. The Morgan fingerprint density at radius 1 is 0.971 bits per heavy atom. The summed E-state index contributed by atoms with van der Waals surface area (Å²) in [5.74, 6) is 3.13. The molecule has 1 fully saturated rings. The molecule has 2 N–H and O–H groups in total. The molecule has 0 radical (unpaired) electrons. The van der Waals surface area contributed by atoms with Crippen LogP contribution in [0.25, 0.3) is 0 Å². The predicted octanol–water partition coefficient (Wildman–Crippen LogP) is 6.12. The van der Waals surface area contributed by atoms with Crippen LogP contribution < -0.4 is 9.47 Å². The van der Waals surface area contributed by atoms with Crippen molar-refractivity contribution in [3.63, 3.8) is 0 Å². The highest BCUT2D eigenvalue weighted by Gasteiger charge is 2.26. The van der Waals surface area contributed by atoms with E-state index >= 15 is 0 Å². The lowest BCUT2D eigenvalue weighted by atomic mass is 10.1. The van der Waals surface area contributed by atoms with E-state index in [1.54, 1.807) is 42.1 Å². The first-order chi connectivity index (χ1) is 16.5. The molecule has 1 saturated heterocycles. The maximum absolute atomic E-state index is 9.48. The van der Waals surface area contributed by atoms with E-state index in [4.69, 9.17) is 9.47 Å². The van der Waals surface area contributed by atoms with Crippen LogP contribution in [0.15, 0.2) is 77.7 Å². The van der Waals surface area contributed by atoms with Crippen molar-refractivity contribution in [2.45, 2.75) is 36.5 Å². The van der Waals surface area contributed by atoms with Gasteiger partial charge in [0.2, 0.25) is 0 Å². The van der Waals surface area contributed by atoms with Crippen LogP contribution in [0.3, 0.4) is 0 Å². The van der Waals surface area contributed by atoms with Crippen molar-refractivity contribution in [2.24, 2.45) is 5.92 Å². The van der Waals surface area contributed by atoms with Crippen LogP contribution in [0.5, 0.6) is 23.0 Å². The molecule has 0 bridgehead atoms. The number of thioether (sulfide) groups is 1. The summed E-state index contributed by atoms with van der Waals surface area (Å²) in [4.78, 5) is 3.47. The highest BCUT2D eigenvalue weighted by atomic mass is 32.2. The predicted molar refractivity (Wildman–Crippen MR) is 137 cm³/mol. The van der Waals surface area contributed by atoms with Gasteiger partial charge in [0, 0.05) is 12.6 Å². The van der Waals surface area contributed by atoms with Gasteiger partial charge in [-0.3, -0.25) is 4.90 Å². The van der Waals surface area contributed by atoms with Gasteiger partial charge in [0.05, 0.1) is 10.1 Å². The van der Waals surface area contributed by atoms with Crippen LogP contribution in [-0.2, 0) is 0 Å². The summed E-state index contributed by atoms with van der Waals surface area (Å²) >= 11 is 1.66. The normalized spacial score (nSPS) is 21.6. The highest BCUT2D eigenvalue weighted by Crippen LogP contribution is 2.45. The Labute approximate surface area is 206 Å². The average molecular weight is 480 g/mol. The number of benzene rings is 3. The Hall–Kier alpha value is -2.83. The smallest absolute Gasteiger partial charge is 0.133 e. The van der Waals surface area contributed by atoms with E-state index in [0.717, 1.165) is 41.0 Å². The Kier molecular flexibility index (Phi) is 8.25. The number of para-hydroxylation sites is 1. The number of rotatable bonds is 5. The molecule has 180 valence electrons. The first kappa shape index (κ1) is 24.3. The van der Waals surface area contributed by atoms with E-state index in [1.165, 1.54) is 13.0 Å². The largest absolute Gasteiger partial charge is 0.508 e. The van der Waals surface area contributed by atoms with Gasteiger partial charge in [-0.05, 0) is 73.8 Å². The first-order valence-corrected chi connectivity index (χ1v) is 12.7. The van der Waals surface area contributed by atoms with Crippen molar-refractivity contribution in [2.75, 3.05) is 26.3 Å². The maximum Gasteiger partial charge on any atom is 0.133 e. The fraction of sp³-hybridized carbons (Fsp3) is 0.357. The van der Waals surface area contributed by atoms with Crippen LogP contribution in [0.2, 0.25) is 0 Å². The number of hydrogen-bond acceptors (Lipinski definition) is 6. The molecule has 3 aromatic carbocycles. The van der Waals surface area contributed by atoms with Crippen molar-refractivity contribution in [1.82, 2.24) is 4.90 Å². The SMILES string of the molecule is CC1CCN(CCOc2ccccc2)C1C.Oc1ccc([C@@H]2COc3ccc(O)cc3S2)cc1. The van der Waals surface area contributed by atoms with Gasteiger partial charge >= 0.3 is 0 Å². The molecule has 2 heterocycles. The maximum atomic E-state index is 9.48. The summed E-state index contributed by atoms with van der Waals surface area (Å²) in [6, 6.07) is 23.0. The van der Waals surface area contributed by atoms with Gasteiger partial charge in [-0.1, -0.05) is 37.3 Å². The highest BCUT2D eigenvalue weighted by molar-refractivity contribution is 7.99. The molecule has 0 saturated carbocycles. The molecule has 3 aromatic rings. The zero-order chi connectivity index (χ0) is 23.9. The monoisotopic (exact) mass is 479 g/mol. The van der Waals surface area contributed by atoms with Crippen LogP contribution in [-0.4, -0.2) is 47.5 Å². The van der Waals surface area contributed by atoms with Gasteiger partial charge < -0.3 is 19.7 Å². The van der Waals surface area contributed by atoms with Crippen molar-refractivity contribution in [3.8, 4) is 23.0 Å². The van der Waals surface area contributed by atoms with E-state index in [2.05, 4.69) is 18.7 Å². The molecule has 34 heavy (non-hydrogen) atoms. The van der Waals surface area contributed by atoms with E-state index in [0.29, 0.717) is 12.6 Å². The second-order valence-electron chi connectivity index (χ2n) is 8.84. The molecule has 5 rings (SSSR count). The molecule has 2 unspecified atom stereocenters.